The molecule has 0 aliphatic heterocycles. The summed E-state index contributed by atoms with van der Waals surface area (Å²) in [6.07, 6.45) is 7.85. The van der Waals surface area contributed by atoms with Gasteiger partial charge in [0.25, 0.3) is 0 Å². The molecule has 0 atom stereocenters. The smallest absolute Gasteiger partial charge is 0.205 e. The van der Waals surface area contributed by atoms with E-state index in [2.05, 4.69) is 29.6 Å². The van der Waals surface area contributed by atoms with E-state index in [0.717, 1.165) is 12.5 Å². The molecule has 0 amide bonds. The molecule has 0 aromatic rings. The van der Waals surface area contributed by atoms with Gasteiger partial charge in [-0.1, -0.05) is 39.5 Å². The molecule has 0 saturated heterocycles. The van der Waals surface area contributed by atoms with Crippen LogP contribution in [0.4, 0.5) is 0 Å². The molecule has 94 valence electrons. The highest BCUT2D eigenvalue weighted by Crippen LogP contribution is 2.16. The van der Waals surface area contributed by atoms with E-state index in [-0.39, 0.29) is 0 Å². The van der Waals surface area contributed by atoms with E-state index in [1.165, 1.54) is 38.5 Å². The molecule has 1 aliphatic rings. The molecule has 0 heterocycles. The van der Waals surface area contributed by atoms with Crippen LogP contribution in [-0.4, -0.2) is 18.5 Å². The largest absolute Gasteiger partial charge is 0.353 e. The fourth-order valence-corrected chi connectivity index (χ4v) is 2.02. The molecule has 0 aromatic heterocycles. The zero-order chi connectivity index (χ0) is 11.8. The van der Waals surface area contributed by atoms with Gasteiger partial charge in [0.2, 0.25) is 5.96 Å². The normalized spacial score (nSPS) is 19.6. The Kier molecular flexibility index (Phi) is 6.23. The van der Waals surface area contributed by atoms with Gasteiger partial charge in [-0.2, -0.15) is 0 Å². The van der Waals surface area contributed by atoms with E-state index in [1.54, 1.807) is 0 Å². The van der Waals surface area contributed by atoms with Crippen LogP contribution in [0.1, 0.15) is 52.4 Å². The van der Waals surface area contributed by atoms with Gasteiger partial charge in [0.15, 0.2) is 0 Å². The second-order valence-electron chi connectivity index (χ2n) is 5.06. The minimum absolute atomic E-state index is 0.546. The number of aliphatic imine (C=N–C) groups is 1. The SMILES string of the molecule is CC(C)CN=C(NN)NC1CCCCCC1. The van der Waals surface area contributed by atoms with Crippen LogP contribution in [0.3, 0.4) is 0 Å². The van der Waals surface area contributed by atoms with Crippen molar-refractivity contribution in [2.24, 2.45) is 16.8 Å². The molecule has 0 unspecified atom stereocenters. The van der Waals surface area contributed by atoms with E-state index in [1.807, 2.05) is 0 Å². The molecule has 0 bridgehead atoms. The summed E-state index contributed by atoms with van der Waals surface area (Å²) in [5.41, 5.74) is 2.66. The molecule has 4 N–H and O–H groups in total. The lowest BCUT2D eigenvalue weighted by molar-refractivity contribution is 0.522. The van der Waals surface area contributed by atoms with E-state index >= 15 is 0 Å². The van der Waals surface area contributed by atoms with Crippen LogP contribution in [0, 0.1) is 5.92 Å². The Balaban J connectivity index is 2.38. The zero-order valence-corrected chi connectivity index (χ0v) is 10.6. The monoisotopic (exact) mass is 226 g/mol. The number of guanidine groups is 1. The van der Waals surface area contributed by atoms with Crippen molar-refractivity contribution in [2.45, 2.75) is 58.4 Å². The van der Waals surface area contributed by atoms with Crippen molar-refractivity contribution in [3.05, 3.63) is 0 Å². The molecule has 0 aromatic carbocycles. The third-order valence-electron chi connectivity index (χ3n) is 2.95. The first-order valence-electron chi connectivity index (χ1n) is 6.50. The van der Waals surface area contributed by atoms with Gasteiger partial charge < -0.3 is 5.32 Å². The molecule has 4 nitrogen and oxygen atoms in total. The fourth-order valence-electron chi connectivity index (χ4n) is 2.02. The number of hydrogen-bond donors (Lipinski definition) is 3. The van der Waals surface area contributed by atoms with Crippen LogP contribution >= 0.6 is 0 Å². The molecule has 4 heteroatoms. The minimum Gasteiger partial charge on any atom is -0.353 e. The van der Waals surface area contributed by atoms with Gasteiger partial charge in [-0.05, 0) is 18.8 Å². The minimum atomic E-state index is 0.546. The molecular formula is C12H26N4. The Morgan fingerprint density at radius 1 is 1.25 bits per heavy atom. The summed E-state index contributed by atoms with van der Waals surface area (Å²) >= 11 is 0. The number of nitrogens with two attached hydrogens (primary N) is 1. The van der Waals surface area contributed by atoms with Crippen molar-refractivity contribution in [1.82, 2.24) is 10.7 Å². The summed E-state index contributed by atoms with van der Waals surface area (Å²) in [6, 6.07) is 0.546. The molecule has 1 saturated carbocycles. The van der Waals surface area contributed by atoms with Crippen molar-refractivity contribution in [2.75, 3.05) is 6.54 Å². The van der Waals surface area contributed by atoms with Gasteiger partial charge in [-0.25, -0.2) is 5.84 Å². The lowest BCUT2D eigenvalue weighted by Crippen LogP contribution is -2.46. The van der Waals surface area contributed by atoms with Crippen molar-refractivity contribution in [3.63, 3.8) is 0 Å². The second kappa shape index (κ2) is 7.49. The number of nitrogens with one attached hydrogen (secondary N) is 2. The summed E-state index contributed by atoms with van der Waals surface area (Å²) < 4.78 is 0. The van der Waals surface area contributed by atoms with Gasteiger partial charge in [0.1, 0.15) is 0 Å². The highest BCUT2D eigenvalue weighted by molar-refractivity contribution is 5.79. The fraction of sp³-hybridized carbons (Fsp3) is 0.917. The van der Waals surface area contributed by atoms with Crippen molar-refractivity contribution < 1.29 is 0 Å². The average molecular weight is 226 g/mol. The molecule has 1 fully saturated rings. The zero-order valence-electron chi connectivity index (χ0n) is 10.6. The Labute approximate surface area is 99.1 Å². The molecule has 0 radical (unpaired) electrons. The van der Waals surface area contributed by atoms with E-state index in [4.69, 9.17) is 5.84 Å². The summed E-state index contributed by atoms with van der Waals surface area (Å²) in [7, 11) is 0. The summed E-state index contributed by atoms with van der Waals surface area (Å²) in [4.78, 5) is 4.44. The predicted molar refractivity (Wildman–Crippen MR) is 69.1 cm³/mol. The third-order valence-corrected chi connectivity index (χ3v) is 2.95. The number of nitrogens with zero attached hydrogens (tertiary/aromatic N) is 1. The average Bonchev–Trinajstić information content (AvgIpc) is 2.52. The van der Waals surface area contributed by atoms with Gasteiger partial charge >= 0.3 is 0 Å². The van der Waals surface area contributed by atoms with Crippen LogP contribution in [0.2, 0.25) is 0 Å². The van der Waals surface area contributed by atoms with Crippen LogP contribution in [-0.2, 0) is 0 Å². The Hall–Kier alpha value is -0.770. The van der Waals surface area contributed by atoms with Crippen LogP contribution in [0.5, 0.6) is 0 Å². The molecule has 1 rings (SSSR count). The highest BCUT2D eigenvalue weighted by Gasteiger charge is 2.12. The third kappa shape index (κ3) is 5.35. The lowest BCUT2D eigenvalue weighted by atomic mass is 10.1. The maximum atomic E-state index is 5.47. The number of hydrogen-bond acceptors (Lipinski definition) is 2. The molecular weight excluding hydrogens is 200 g/mol. The summed E-state index contributed by atoms with van der Waals surface area (Å²) in [6.45, 7) is 5.13. The first kappa shape index (κ1) is 13.3. The summed E-state index contributed by atoms with van der Waals surface area (Å²) in [5.74, 6) is 6.79. The van der Waals surface area contributed by atoms with Gasteiger partial charge in [0, 0.05) is 12.6 Å². The number of rotatable bonds is 3. The second-order valence-corrected chi connectivity index (χ2v) is 5.06. The predicted octanol–water partition coefficient (Wildman–Crippen LogP) is 1.77. The summed E-state index contributed by atoms with van der Waals surface area (Å²) in [5, 5.41) is 3.41. The molecule has 1 aliphatic carbocycles. The maximum Gasteiger partial charge on any atom is 0.205 e. The van der Waals surface area contributed by atoms with Crippen LogP contribution in [0.25, 0.3) is 0 Å². The maximum absolute atomic E-state index is 5.47. The topological polar surface area (TPSA) is 62.4 Å². The van der Waals surface area contributed by atoms with Crippen LogP contribution in [0.15, 0.2) is 4.99 Å². The van der Waals surface area contributed by atoms with E-state index in [9.17, 15) is 0 Å². The van der Waals surface area contributed by atoms with Crippen molar-refractivity contribution in [1.29, 1.82) is 0 Å². The van der Waals surface area contributed by atoms with Crippen molar-refractivity contribution >= 4 is 5.96 Å². The Bertz CT molecular complexity index is 205. The van der Waals surface area contributed by atoms with Crippen molar-refractivity contribution in [3.8, 4) is 0 Å². The first-order chi connectivity index (χ1) is 7.72. The highest BCUT2D eigenvalue weighted by atomic mass is 15.3. The first-order valence-corrected chi connectivity index (χ1v) is 6.50. The molecule has 16 heavy (non-hydrogen) atoms. The Morgan fingerprint density at radius 2 is 1.88 bits per heavy atom. The lowest BCUT2D eigenvalue weighted by Gasteiger charge is -2.18. The standard InChI is InChI=1S/C12H26N4/c1-10(2)9-14-12(16-13)15-11-7-5-3-4-6-8-11/h10-11H,3-9,13H2,1-2H3,(H2,14,15,16). The molecule has 0 spiro atoms. The van der Waals surface area contributed by atoms with E-state index in [0.29, 0.717) is 12.0 Å². The van der Waals surface area contributed by atoms with Gasteiger partial charge in [-0.15, -0.1) is 0 Å². The van der Waals surface area contributed by atoms with E-state index < -0.39 is 0 Å². The van der Waals surface area contributed by atoms with Crippen LogP contribution < -0.4 is 16.6 Å². The Morgan fingerprint density at radius 3 is 2.38 bits per heavy atom. The van der Waals surface area contributed by atoms with Gasteiger partial charge in [0.05, 0.1) is 0 Å². The quantitative estimate of drug-likeness (QED) is 0.226. The van der Waals surface area contributed by atoms with Gasteiger partial charge in [-0.3, -0.25) is 10.4 Å². The number of hydrazine groups is 1.